The lowest BCUT2D eigenvalue weighted by atomic mass is 9.84. The van der Waals surface area contributed by atoms with Crippen molar-refractivity contribution in [2.45, 2.75) is 18.9 Å². The molecule has 4 rings (SSSR count). The molecule has 0 saturated carbocycles. The van der Waals surface area contributed by atoms with Gasteiger partial charge in [0.15, 0.2) is 0 Å². The maximum atomic E-state index is 4.39. The second-order valence-corrected chi connectivity index (χ2v) is 4.53. The smallest absolute Gasteiger partial charge is 0.0675 e. The molecule has 3 fully saturated rings. The Hall–Kier alpha value is -0.830. The fraction of sp³-hybridized carbons (Fsp3) is 0.636. The third-order valence-corrected chi connectivity index (χ3v) is 3.62. The first-order chi connectivity index (χ1) is 6.83. The lowest BCUT2D eigenvalue weighted by Gasteiger charge is -2.44. The minimum absolute atomic E-state index is 0.605. The van der Waals surface area contributed by atoms with Gasteiger partial charge in [-0.15, -0.1) is 0 Å². The summed E-state index contributed by atoms with van der Waals surface area (Å²) >= 11 is 0. The second-order valence-electron chi connectivity index (χ2n) is 4.53. The minimum Gasteiger partial charge on any atom is -0.301 e. The Morgan fingerprint density at radius 1 is 1.36 bits per heavy atom. The zero-order valence-electron chi connectivity index (χ0n) is 8.39. The summed E-state index contributed by atoms with van der Waals surface area (Å²) in [6, 6.07) is 0.605. The van der Waals surface area contributed by atoms with Crippen LogP contribution in [0.25, 0.3) is 0 Å². The summed E-state index contributed by atoms with van der Waals surface area (Å²) in [5.74, 6) is 0.847. The number of rotatable bonds is 1. The van der Waals surface area contributed by atoms with Crippen molar-refractivity contribution in [2.24, 2.45) is 5.92 Å². The quantitative estimate of drug-likeness (QED) is 0.666. The third-order valence-electron chi connectivity index (χ3n) is 3.62. The van der Waals surface area contributed by atoms with Gasteiger partial charge in [-0.1, -0.05) is 0 Å². The Bertz CT molecular complexity index is 323. The fourth-order valence-electron chi connectivity index (χ4n) is 2.79. The molecule has 0 spiro atoms. The molecule has 1 aromatic rings. The van der Waals surface area contributed by atoms with E-state index in [-0.39, 0.29) is 0 Å². The highest BCUT2D eigenvalue weighted by Crippen LogP contribution is 2.35. The number of aromatic nitrogens is 2. The van der Waals surface area contributed by atoms with Gasteiger partial charge in [0.25, 0.3) is 0 Å². The van der Waals surface area contributed by atoms with Crippen LogP contribution in [-0.4, -0.2) is 34.3 Å². The summed E-state index contributed by atoms with van der Waals surface area (Å²) in [5.41, 5.74) is 1.03. The highest BCUT2D eigenvalue weighted by Gasteiger charge is 2.35. The van der Waals surface area contributed by atoms with E-state index in [2.05, 4.69) is 27.8 Å². The van der Waals surface area contributed by atoms with Crippen LogP contribution < -0.4 is 0 Å². The Kier molecular flexibility index (Phi) is 1.87. The maximum absolute atomic E-state index is 4.39. The van der Waals surface area contributed by atoms with Crippen LogP contribution in [0, 0.1) is 12.8 Å². The molecule has 1 unspecified atom stereocenters. The van der Waals surface area contributed by atoms with Crippen LogP contribution in [0.1, 0.15) is 24.4 Å². The van der Waals surface area contributed by atoms with Crippen LogP contribution in [0.15, 0.2) is 12.4 Å². The van der Waals surface area contributed by atoms with Gasteiger partial charge in [0.2, 0.25) is 0 Å². The van der Waals surface area contributed by atoms with Crippen molar-refractivity contribution in [1.82, 2.24) is 14.7 Å². The molecule has 1 atom stereocenters. The van der Waals surface area contributed by atoms with Gasteiger partial charge in [0.05, 0.1) is 12.2 Å². The average molecular weight is 190 g/mol. The van der Waals surface area contributed by atoms with Gasteiger partial charge in [-0.2, -0.15) is 5.10 Å². The summed E-state index contributed by atoms with van der Waals surface area (Å²) in [4.78, 5) is 2.55. The van der Waals surface area contributed by atoms with Crippen molar-refractivity contribution in [3.63, 3.8) is 0 Å². The zero-order valence-corrected chi connectivity index (χ0v) is 8.39. The number of piperidine rings is 3. The zero-order chi connectivity index (χ0) is 9.54. The van der Waals surface area contributed by atoms with E-state index in [0.29, 0.717) is 6.04 Å². The molecular weight excluding hydrogens is 174 g/mol. The highest BCUT2D eigenvalue weighted by molar-refractivity contribution is 5.08. The molecule has 0 N–H and O–H groups in total. The topological polar surface area (TPSA) is 21.1 Å². The summed E-state index contributed by atoms with van der Waals surface area (Å²) in [6.45, 7) is 7.67. The SMILES string of the molecule is [CH2]c1cnn(C2CN3CCC2CC3)c1. The average Bonchev–Trinajstić information content (AvgIpc) is 2.66. The van der Waals surface area contributed by atoms with E-state index in [1.165, 1.54) is 32.5 Å². The Morgan fingerprint density at radius 2 is 2.14 bits per heavy atom. The molecular formula is C11H16N3. The molecule has 3 heteroatoms. The molecule has 3 nitrogen and oxygen atoms in total. The first kappa shape index (κ1) is 8.48. The van der Waals surface area contributed by atoms with Gasteiger partial charge in [-0.25, -0.2) is 0 Å². The van der Waals surface area contributed by atoms with Crippen LogP contribution in [0.5, 0.6) is 0 Å². The Labute approximate surface area is 84.7 Å². The van der Waals surface area contributed by atoms with Crippen molar-refractivity contribution in [1.29, 1.82) is 0 Å². The largest absolute Gasteiger partial charge is 0.301 e. The monoisotopic (exact) mass is 190 g/mol. The molecule has 75 valence electrons. The van der Waals surface area contributed by atoms with Gasteiger partial charge < -0.3 is 4.90 Å². The maximum Gasteiger partial charge on any atom is 0.0675 e. The van der Waals surface area contributed by atoms with Crippen LogP contribution in [0.2, 0.25) is 0 Å². The Morgan fingerprint density at radius 3 is 2.64 bits per heavy atom. The van der Waals surface area contributed by atoms with E-state index in [4.69, 9.17) is 0 Å². The number of hydrogen-bond acceptors (Lipinski definition) is 2. The Balaban J connectivity index is 1.85. The predicted molar refractivity (Wildman–Crippen MR) is 54.9 cm³/mol. The normalized spacial score (nSPS) is 36.2. The van der Waals surface area contributed by atoms with Crippen LogP contribution in [0.4, 0.5) is 0 Å². The summed E-state index contributed by atoms with van der Waals surface area (Å²) < 4.78 is 2.12. The summed E-state index contributed by atoms with van der Waals surface area (Å²) in [6.07, 6.45) is 6.62. The lowest BCUT2D eigenvalue weighted by molar-refractivity contribution is 0.0512. The molecule has 2 bridgehead atoms. The van der Waals surface area contributed by atoms with Crippen molar-refractivity contribution in [3.05, 3.63) is 24.9 Å². The van der Waals surface area contributed by atoms with E-state index in [1.807, 2.05) is 6.20 Å². The molecule has 0 aromatic carbocycles. The summed E-state index contributed by atoms with van der Waals surface area (Å²) in [7, 11) is 0. The van der Waals surface area contributed by atoms with Crippen LogP contribution in [0.3, 0.4) is 0 Å². The molecule has 3 saturated heterocycles. The fourth-order valence-corrected chi connectivity index (χ4v) is 2.79. The minimum atomic E-state index is 0.605. The highest BCUT2D eigenvalue weighted by atomic mass is 15.3. The van der Waals surface area contributed by atoms with Crippen LogP contribution >= 0.6 is 0 Å². The number of fused-ring (bicyclic) bond motifs is 3. The molecule has 3 aliphatic heterocycles. The third kappa shape index (κ3) is 1.27. The molecule has 0 amide bonds. The number of nitrogens with zero attached hydrogens (tertiary/aromatic N) is 3. The van der Waals surface area contributed by atoms with E-state index in [1.54, 1.807) is 0 Å². The van der Waals surface area contributed by atoms with Gasteiger partial charge in [0.1, 0.15) is 0 Å². The molecule has 3 aliphatic rings. The van der Waals surface area contributed by atoms with Gasteiger partial charge in [-0.3, -0.25) is 4.68 Å². The molecule has 0 aliphatic carbocycles. The number of hydrogen-bond donors (Lipinski definition) is 0. The lowest BCUT2D eigenvalue weighted by Crippen LogP contribution is -2.48. The predicted octanol–water partition coefficient (Wildman–Crippen LogP) is 1.33. The van der Waals surface area contributed by atoms with Gasteiger partial charge >= 0.3 is 0 Å². The van der Waals surface area contributed by atoms with Crippen LogP contribution in [-0.2, 0) is 0 Å². The van der Waals surface area contributed by atoms with Crippen molar-refractivity contribution >= 4 is 0 Å². The van der Waals surface area contributed by atoms with E-state index < -0.39 is 0 Å². The van der Waals surface area contributed by atoms with Gasteiger partial charge in [-0.05, 0) is 44.3 Å². The van der Waals surface area contributed by atoms with E-state index in [9.17, 15) is 0 Å². The molecule has 14 heavy (non-hydrogen) atoms. The first-order valence-electron chi connectivity index (χ1n) is 5.41. The first-order valence-corrected chi connectivity index (χ1v) is 5.41. The second kappa shape index (κ2) is 3.09. The van der Waals surface area contributed by atoms with E-state index in [0.717, 1.165) is 11.5 Å². The molecule has 4 heterocycles. The van der Waals surface area contributed by atoms with Crippen molar-refractivity contribution in [2.75, 3.05) is 19.6 Å². The van der Waals surface area contributed by atoms with Crippen molar-refractivity contribution in [3.8, 4) is 0 Å². The van der Waals surface area contributed by atoms with E-state index >= 15 is 0 Å². The summed E-state index contributed by atoms with van der Waals surface area (Å²) in [5, 5.41) is 4.39. The standard InChI is InChI=1S/C11H16N3/c1-9-6-12-14(7-9)11-8-13-4-2-10(11)3-5-13/h6-7,10-11H,1-5,8H2. The molecule has 1 aromatic heterocycles. The van der Waals surface area contributed by atoms with Gasteiger partial charge in [0, 0.05) is 12.7 Å². The van der Waals surface area contributed by atoms with Crippen molar-refractivity contribution < 1.29 is 0 Å². The molecule has 1 radical (unpaired) electrons.